The monoisotopic (exact) mass is 338 g/mol. The molecule has 4 nitrogen and oxygen atoms in total. The summed E-state index contributed by atoms with van der Waals surface area (Å²) in [4.78, 5) is 23.1. The molecule has 0 aliphatic heterocycles. The second-order valence-corrected chi connectivity index (χ2v) is 4.68. The van der Waals surface area contributed by atoms with E-state index in [0.717, 1.165) is 18.2 Å². The molecular formula is C14H14ClF3O4. The van der Waals surface area contributed by atoms with Gasteiger partial charge in [-0.15, -0.1) is 13.2 Å². The Morgan fingerprint density at radius 3 is 2.50 bits per heavy atom. The average molecular weight is 339 g/mol. The third-order valence-corrected chi connectivity index (χ3v) is 2.89. The highest BCUT2D eigenvalue weighted by atomic mass is 35.5. The van der Waals surface area contributed by atoms with Crippen LogP contribution in [0.3, 0.4) is 0 Å². The maximum Gasteiger partial charge on any atom is 0.573 e. The molecule has 0 amide bonds. The zero-order chi connectivity index (χ0) is 16.8. The molecule has 0 aliphatic carbocycles. The molecule has 1 aromatic carbocycles. The van der Waals surface area contributed by atoms with Gasteiger partial charge in [0, 0.05) is 18.4 Å². The van der Waals surface area contributed by atoms with Gasteiger partial charge in [-0.05, 0) is 31.5 Å². The standard InChI is InChI=1S/C14H14ClF3O4/c1-2-21-13(20)5-3-4-12(19)10-8-9(6-7-11(10)15)22-14(16,17)18/h6-8H,2-5H2,1H3. The summed E-state index contributed by atoms with van der Waals surface area (Å²) in [5, 5.41) is 0.0238. The number of ether oxygens (including phenoxy) is 2. The van der Waals surface area contributed by atoms with Gasteiger partial charge in [0.15, 0.2) is 5.78 Å². The molecule has 0 bridgehead atoms. The number of esters is 1. The molecule has 0 aliphatic rings. The van der Waals surface area contributed by atoms with Crippen molar-refractivity contribution in [2.75, 3.05) is 6.61 Å². The van der Waals surface area contributed by atoms with Gasteiger partial charge in [0.1, 0.15) is 5.75 Å². The Labute approximate surface area is 130 Å². The van der Waals surface area contributed by atoms with Crippen LogP contribution in [-0.2, 0) is 9.53 Å². The number of carbonyl (C=O) groups excluding carboxylic acids is 2. The van der Waals surface area contributed by atoms with Crippen LogP contribution in [0.5, 0.6) is 5.75 Å². The summed E-state index contributed by atoms with van der Waals surface area (Å²) in [5.74, 6) is -1.43. The Morgan fingerprint density at radius 2 is 1.91 bits per heavy atom. The normalized spacial score (nSPS) is 11.1. The van der Waals surface area contributed by atoms with Crippen LogP contribution in [0.25, 0.3) is 0 Å². The lowest BCUT2D eigenvalue weighted by Gasteiger charge is -2.11. The molecule has 0 spiro atoms. The molecule has 0 fully saturated rings. The van der Waals surface area contributed by atoms with Gasteiger partial charge in [-0.2, -0.15) is 0 Å². The van der Waals surface area contributed by atoms with E-state index in [1.165, 1.54) is 0 Å². The third-order valence-electron chi connectivity index (χ3n) is 2.56. The van der Waals surface area contributed by atoms with Crippen molar-refractivity contribution in [1.29, 1.82) is 0 Å². The number of hydrogen-bond donors (Lipinski definition) is 0. The number of halogens is 4. The van der Waals surface area contributed by atoms with Crippen LogP contribution in [-0.4, -0.2) is 24.7 Å². The van der Waals surface area contributed by atoms with Crippen LogP contribution in [0, 0.1) is 0 Å². The SMILES string of the molecule is CCOC(=O)CCCC(=O)c1cc(OC(F)(F)F)ccc1Cl. The minimum atomic E-state index is -4.85. The second kappa shape index (κ2) is 8.03. The molecule has 8 heteroatoms. The highest BCUT2D eigenvalue weighted by Crippen LogP contribution is 2.28. The molecule has 0 unspecified atom stereocenters. The molecule has 0 heterocycles. The van der Waals surface area contributed by atoms with E-state index < -0.39 is 23.9 Å². The van der Waals surface area contributed by atoms with Crippen molar-refractivity contribution < 1.29 is 32.2 Å². The largest absolute Gasteiger partial charge is 0.573 e. The first-order valence-corrected chi connectivity index (χ1v) is 6.85. The number of hydrogen-bond acceptors (Lipinski definition) is 4. The molecule has 1 rings (SSSR count). The number of Topliss-reactive ketones (excluding diaryl/α,β-unsaturated/α-hetero) is 1. The molecule has 0 N–H and O–H groups in total. The average Bonchev–Trinajstić information content (AvgIpc) is 2.39. The molecule has 0 atom stereocenters. The summed E-state index contributed by atoms with van der Waals surface area (Å²) >= 11 is 5.80. The van der Waals surface area contributed by atoms with Crippen molar-refractivity contribution in [3.63, 3.8) is 0 Å². The summed E-state index contributed by atoms with van der Waals surface area (Å²) in [6, 6.07) is 3.11. The van der Waals surface area contributed by atoms with Crippen molar-refractivity contribution in [2.24, 2.45) is 0 Å². The van der Waals surface area contributed by atoms with Gasteiger partial charge in [-0.1, -0.05) is 11.6 Å². The van der Waals surface area contributed by atoms with Crippen molar-refractivity contribution in [3.8, 4) is 5.75 Å². The zero-order valence-corrected chi connectivity index (χ0v) is 12.5. The van der Waals surface area contributed by atoms with E-state index in [1.807, 2.05) is 0 Å². The summed E-state index contributed by atoms with van der Waals surface area (Å²) in [7, 11) is 0. The van der Waals surface area contributed by atoms with Crippen LogP contribution in [0.15, 0.2) is 18.2 Å². The van der Waals surface area contributed by atoms with Crippen molar-refractivity contribution in [1.82, 2.24) is 0 Å². The topological polar surface area (TPSA) is 52.6 Å². The Bertz CT molecular complexity index is 543. The zero-order valence-electron chi connectivity index (χ0n) is 11.7. The van der Waals surface area contributed by atoms with E-state index >= 15 is 0 Å². The first-order valence-electron chi connectivity index (χ1n) is 6.47. The van der Waals surface area contributed by atoms with Gasteiger partial charge in [0.2, 0.25) is 0 Å². The molecule has 0 saturated carbocycles. The lowest BCUT2D eigenvalue weighted by molar-refractivity contribution is -0.274. The smallest absolute Gasteiger partial charge is 0.466 e. The number of ketones is 1. The lowest BCUT2D eigenvalue weighted by atomic mass is 10.1. The van der Waals surface area contributed by atoms with Gasteiger partial charge in [0.05, 0.1) is 11.6 Å². The van der Waals surface area contributed by atoms with Gasteiger partial charge in [-0.25, -0.2) is 0 Å². The Hall–Kier alpha value is -1.76. The lowest BCUT2D eigenvalue weighted by Crippen LogP contribution is -2.17. The maximum atomic E-state index is 12.1. The number of rotatable bonds is 7. The van der Waals surface area contributed by atoms with E-state index in [-0.39, 0.29) is 36.5 Å². The van der Waals surface area contributed by atoms with Crippen molar-refractivity contribution >= 4 is 23.4 Å². The highest BCUT2D eigenvalue weighted by molar-refractivity contribution is 6.34. The second-order valence-electron chi connectivity index (χ2n) is 4.27. The Balaban J connectivity index is 2.68. The predicted molar refractivity (Wildman–Crippen MR) is 72.9 cm³/mol. The van der Waals surface area contributed by atoms with E-state index in [2.05, 4.69) is 4.74 Å². The third kappa shape index (κ3) is 6.34. The summed E-state index contributed by atoms with van der Waals surface area (Å²) in [5.41, 5.74) is -0.0766. The Morgan fingerprint density at radius 1 is 1.23 bits per heavy atom. The minimum Gasteiger partial charge on any atom is -0.466 e. The summed E-state index contributed by atoms with van der Waals surface area (Å²) < 4.78 is 44.9. The van der Waals surface area contributed by atoms with Crippen molar-refractivity contribution in [3.05, 3.63) is 28.8 Å². The van der Waals surface area contributed by atoms with Crippen LogP contribution in [0.1, 0.15) is 36.5 Å². The molecule has 0 aromatic heterocycles. The van der Waals surface area contributed by atoms with Crippen LogP contribution < -0.4 is 4.74 Å². The first-order chi connectivity index (χ1) is 10.2. The maximum absolute atomic E-state index is 12.1. The van der Waals surface area contributed by atoms with E-state index in [4.69, 9.17) is 16.3 Å². The van der Waals surface area contributed by atoms with Gasteiger partial charge in [-0.3, -0.25) is 9.59 Å². The van der Waals surface area contributed by atoms with Crippen LogP contribution >= 0.6 is 11.6 Å². The molecule has 22 heavy (non-hydrogen) atoms. The minimum absolute atomic E-state index is 0.0238. The molecular weight excluding hydrogens is 325 g/mol. The fourth-order valence-corrected chi connectivity index (χ4v) is 1.90. The van der Waals surface area contributed by atoms with Gasteiger partial charge < -0.3 is 9.47 Å². The van der Waals surface area contributed by atoms with Gasteiger partial charge in [0.25, 0.3) is 0 Å². The predicted octanol–water partition coefficient (Wildman–Crippen LogP) is 4.15. The fraction of sp³-hybridized carbons (Fsp3) is 0.429. The molecule has 0 radical (unpaired) electrons. The van der Waals surface area contributed by atoms with Crippen LogP contribution in [0.4, 0.5) is 13.2 Å². The van der Waals surface area contributed by atoms with Crippen molar-refractivity contribution in [2.45, 2.75) is 32.5 Å². The number of benzene rings is 1. The fourth-order valence-electron chi connectivity index (χ4n) is 1.68. The highest BCUT2D eigenvalue weighted by Gasteiger charge is 2.31. The van der Waals surface area contributed by atoms with E-state index in [0.29, 0.717) is 0 Å². The number of alkyl halides is 3. The first kappa shape index (κ1) is 18.3. The van der Waals surface area contributed by atoms with Crippen LogP contribution in [0.2, 0.25) is 5.02 Å². The quantitative estimate of drug-likeness (QED) is 0.553. The molecule has 122 valence electrons. The Kier molecular flexibility index (Phi) is 6.67. The van der Waals surface area contributed by atoms with E-state index in [1.54, 1.807) is 6.92 Å². The van der Waals surface area contributed by atoms with E-state index in [9.17, 15) is 22.8 Å². The summed E-state index contributed by atoms with van der Waals surface area (Å²) in [6.07, 6.45) is -4.61. The molecule has 0 saturated heterocycles. The summed E-state index contributed by atoms with van der Waals surface area (Å²) in [6.45, 7) is 1.91. The molecule has 1 aromatic rings. The number of carbonyl (C=O) groups is 2. The van der Waals surface area contributed by atoms with Gasteiger partial charge >= 0.3 is 12.3 Å².